The summed E-state index contributed by atoms with van der Waals surface area (Å²) in [6.07, 6.45) is 1.94. The van der Waals surface area contributed by atoms with Crippen molar-refractivity contribution < 1.29 is 4.42 Å². The number of para-hydroxylation sites is 1. The summed E-state index contributed by atoms with van der Waals surface area (Å²) in [6.45, 7) is 6.83. The third kappa shape index (κ3) is 3.40. The van der Waals surface area contributed by atoms with E-state index in [1.54, 1.807) is 0 Å². The SMILES string of the molecule is C=CCSCCNC(C)c1cc2ccccc2o1. The highest BCUT2D eigenvalue weighted by Crippen LogP contribution is 2.23. The smallest absolute Gasteiger partial charge is 0.134 e. The molecule has 0 saturated heterocycles. The lowest BCUT2D eigenvalue weighted by atomic mass is 10.2. The van der Waals surface area contributed by atoms with Gasteiger partial charge in [-0.2, -0.15) is 11.8 Å². The predicted molar refractivity (Wildman–Crippen MR) is 80.2 cm³/mol. The Labute approximate surface area is 112 Å². The van der Waals surface area contributed by atoms with Gasteiger partial charge in [0.2, 0.25) is 0 Å². The molecule has 96 valence electrons. The zero-order valence-corrected chi connectivity index (χ0v) is 11.5. The van der Waals surface area contributed by atoms with E-state index in [1.165, 1.54) is 5.39 Å². The van der Waals surface area contributed by atoms with Crippen LogP contribution < -0.4 is 5.32 Å². The number of furan rings is 1. The summed E-state index contributed by atoms with van der Waals surface area (Å²) < 4.78 is 5.82. The molecule has 1 N–H and O–H groups in total. The Balaban J connectivity index is 1.88. The van der Waals surface area contributed by atoms with Crippen molar-refractivity contribution in [1.29, 1.82) is 0 Å². The van der Waals surface area contributed by atoms with E-state index in [0.29, 0.717) is 0 Å². The Morgan fingerprint density at radius 1 is 1.44 bits per heavy atom. The van der Waals surface area contributed by atoms with Crippen LogP contribution in [0, 0.1) is 0 Å². The van der Waals surface area contributed by atoms with Crippen molar-refractivity contribution in [3.05, 3.63) is 48.7 Å². The second-order valence-corrected chi connectivity index (χ2v) is 5.38. The lowest BCUT2D eigenvalue weighted by Gasteiger charge is -2.10. The molecular weight excluding hydrogens is 242 g/mol. The molecule has 0 radical (unpaired) electrons. The molecular formula is C15H19NOS. The zero-order valence-electron chi connectivity index (χ0n) is 10.7. The summed E-state index contributed by atoms with van der Waals surface area (Å²) in [5.41, 5.74) is 0.960. The molecule has 0 saturated carbocycles. The van der Waals surface area contributed by atoms with Gasteiger partial charge in [-0.15, -0.1) is 6.58 Å². The first-order chi connectivity index (χ1) is 8.81. The second kappa shape index (κ2) is 6.66. The first kappa shape index (κ1) is 13.2. The average molecular weight is 261 g/mol. The summed E-state index contributed by atoms with van der Waals surface area (Å²) in [5, 5.41) is 4.64. The first-order valence-electron chi connectivity index (χ1n) is 6.22. The van der Waals surface area contributed by atoms with Gasteiger partial charge in [0.25, 0.3) is 0 Å². The normalized spacial score (nSPS) is 12.7. The number of benzene rings is 1. The largest absolute Gasteiger partial charge is 0.459 e. The molecule has 2 rings (SSSR count). The number of thioether (sulfide) groups is 1. The molecule has 3 heteroatoms. The van der Waals surface area contributed by atoms with E-state index in [2.05, 4.69) is 31.0 Å². The Hall–Kier alpha value is -1.19. The molecule has 0 bridgehead atoms. The minimum atomic E-state index is 0.252. The van der Waals surface area contributed by atoms with E-state index >= 15 is 0 Å². The van der Waals surface area contributed by atoms with E-state index in [-0.39, 0.29) is 6.04 Å². The quantitative estimate of drug-likeness (QED) is 0.602. The van der Waals surface area contributed by atoms with E-state index in [9.17, 15) is 0 Å². The highest BCUT2D eigenvalue weighted by molar-refractivity contribution is 7.99. The average Bonchev–Trinajstić information content (AvgIpc) is 2.82. The summed E-state index contributed by atoms with van der Waals surface area (Å²) in [4.78, 5) is 0. The molecule has 0 aliphatic rings. The van der Waals surface area contributed by atoms with E-state index in [0.717, 1.165) is 29.4 Å². The minimum absolute atomic E-state index is 0.252. The monoisotopic (exact) mass is 261 g/mol. The number of fused-ring (bicyclic) bond motifs is 1. The van der Waals surface area contributed by atoms with Crippen molar-refractivity contribution >= 4 is 22.7 Å². The van der Waals surface area contributed by atoms with Gasteiger partial charge in [-0.1, -0.05) is 24.3 Å². The maximum atomic E-state index is 5.82. The Bertz CT molecular complexity index is 473. The number of hydrogen-bond acceptors (Lipinski definition) is 3. The molecule has 1 heterocycles. The van der Waals surface area contributed by atoms with Crippen LogP contribution in [0.2, 0.25) is 0 Å². The molecule has 18 heavy (non-hydrogen) atoms. The topological polar surface area (TPSA) is 25.2 Å². The van der Waals surface area contributed by atoms with Crippen molar-refractivity contribution in [2.24, 2.45) is 0 Å². The van der Waals surface area contributed by atoms with Gasteiger partial charge in [-0.25, -0.2) is 0 Å². The fraction of sp³-hybridized carbons (Fsp3) is 0.333. The molecule has 1 aromatic heterocycles. The van der Waals surface area contributed by atoms with Crippen LogP contribution in [0.4, 0.5) is 0 Å². The van der Waals surface area contributed by atoms with Gasteiger partial charge in [0.1, 0.15) is 11.3 Å². The van der Waals surface area contributed by atoms with Gasteiger partial charge >= 0.3 is 0 Å². The number of rotatable bonds is 7. The van der Waals surface area contributed by atoms with Crippen LogP contribution in [-0.2, 0) is 0 Å². The van der Waals surface area contributed by atoms with E-state index in [4.69, 9.17) is 4.42 Å². The molecule has 0 aliphatic heterocycles. The maximum Gasteiger partial charge on any atom is 0.134 e. The highest BCUT2D eigenvalue weighted by atomic mass is 32.2. The van der Waals surface area contributed by atoms with Gasteiger partial charge in [0, 0.05) is 23.4 Å². The fourth-order valence-electron chi connectivity index (χ4n) is 1.83. The predicted octanol–water partition coefficient (Wildman–Crippen LogP) is 4.00. The van der Waals surface area contributed by atoms with Crippen molar-refractivity contribution in [3.63, 3.8) is 0 Å². The lowest BCUT2D eigenvalue weighted by Crippen LogP contribution is -2.20. The summed E-state index contributed by atoms with van der Waals surface area (Å²) >= 11 is 1.88. The van der Waals surface area contributed by atoms with Gasteiger partial charge in [0.05, 0.1) is 6.04 Å². The summed E-state index contributed by atoms with van der Waals surface area (Å²) in [7, 11) is 0. The second-order valence-electron chi connectivity index (χ2n) is 4.23. The molecule has 2 nitrogen and oxygen atoms in total. The first-order valence-corrected chi connectivity index (χ1v) is 7.37. The van der Waals surface area contributed by atoms with Crippen molar-refractivity contribution in [2.75, 3.05) is 18.1 Å². The molecule has 0 spiro atoms. The Morgan fingerprint density at radius 2 is 2.28 bits per heavy atom. The highest BCUT2D eigenvalue weighted by Gasteiger charge is 2.10. The molecule has 1 aromatic carbocycles. The summed E-state index contributed by atoms with van der Waals surface area (Å²) in [5.74, 6) is 3.11. The molecule has 2 aromatic rings. The van der Waals surface area contributed by atoms with Crippen LogP contribution in [0.25, 0.3) is 11.0 Å². The van der Waals surface area contributed by atoms with Gasteiger partial charge in [0.15, 0.2) is 0 Å². The molecule has 1 atom stereocenters. The van der Waals surface area contributed by atoms with Crippen molar-refractivity contribution in [3.8, 4) is 0 Å². The minimum Gasteiger partial charge on any atom is -0.459 e. The Morgan fingerprint density at radius 3 is 3.06 bits per heavy atom. The van der Waals surface area contributed by atoms with Crippen LogP contribution in [0.1, 0.15) is 18.7 Å². The standard InChI is InChI=1S/C15H19NOS/c1-3-9-18-10-8-16-12(2)15-11-13-6-4-5-7-14(13)17-15/h3-7,11-12,16H,1,8-10H2,2H3. The van der Waals surface area contributed by atoms with Crippen LogP contribution in [0.15, 0.2) is 47.4 Å². The van der Waals surface area contributed by atoms with Crippen LogP contribution in [0.5, 0.6) is 0 Å². The third-order valence-electron chi connectivity index (χ3n) is 2.80. The Kier molecular flexibility index (Phi) is 4.90. The van der Waals surface area contributed by atoms with Crippen LogP contribution >= 0.6 is 11.8 Å². The maximum absolute atomic E-state index is 5.82. The number of nitrogens with one attached hydrogen (secondary N) is 1. The summed E-state index contributed by atoms with van der Waals surface area (Å²) in [6, 6.07) is 10.5. The van der Waals surface area contributed by atoms with Gasteiger partial charge < -0.3 is 9.73 Å². The van der Waals surface area contributed by atoms with Crippen LogP contribution in [0.3, 0.4) is 0 Å². The van der Waals surface area contributed by atoms with E-state index in [1.807, 2.05) is 36.0 Å². The van der Waals surface area contributed by atoms with Gasteiger partial charge in [-0.3, -0.25) is 0 Å². The van der Waals surface area contributed by atoms with Crippen molar-refractivity contribution in [2.45, 2.75) is 13.0 Å². The van der Waals surface area contributed by atoms with E-state index < -0.39 is 0 Å². The number of hydrogen-bond donors (Lipinski definition) is 1. The molecule has 0 aliphatic carbocycles. The van der Waals surface area contributed by atoms with Crippen LogP contribution in [-0.4, -0.2) is 18.1 Å². The van der Waals surface area contributed by atoms with Gasteiger partial charge in [-0.05, 0) is 19.1 Å². The molecule has 0 amide bonds. The lowest BCUT2D eigenvalue weighted by molar-refractivity contribution is 0.460. The zero-order chi connectivity index (χ0) is 12.8. The molecule has 1 unspecified atom stereocenters. The molecule has 0 fully saturated rings. The van der Waals surface area contributed by atoms with Crippen molar-refractivity contribution in [1.82, 2.24) is 5.32 Å². The third-order valence-corrected chi connectivity index (χ3v) is 3.77. The fourth-order valence-corrected chi connectivity index (χ4v) is 2.43.